The fraction of sp³-hybridized carbons (Fsp3) is 0.125. The van der Waals surface area contributed by atoms with Crippen LogP contribution in [0, 0.1) is 13.8 Å². The Balaban J connectivity index is 2.28. The first-order valence-corrected chi connectivity index (χ1v) is 5.89. The van der Waals surface area contributed by atoms with Crippen molar-refractivity contribution in [3.63, 3.8) is 0 Å². The summed E-state index contributed by atoms with van der Waals surface area (Å²) in [4.78, 5) is 0. The average Bonchev–Trinajstić information content (AvgIpc) is 2.68. The van der Waals surface area contributed by atoms with Gasteiger partial charge in [0.25, 0.3) is 0 Å². The van der Waals surface area contributed by atoms with Crippen LogP contribution < -0.4 is 0 Å². The van der Waals surface area contributed by atoms with Gasteiger partial charge in [-0.2, -0.15) is 0 Å². The fourth-order valence-electron chi connectivity index (χ4n) is 2.32. The highest BCUT2D eigenvalue weighted by Crippen LogP contribution is 2.27. The number of hydrogen-bond acceptors (Lipinski definition) is 0. The van der Waals surface area contributed by atoms with Crippen molar-refractivity contribution >= 4 is 5.52 Å². The fourth-order valence-corrected chi connectivity index (χ4v) is 2.32. The minimum atomic E-state index is 1.26. The van der Waals surface area contributed by atoms with E-state index in [0.717, 1.165) is 0 Å². The monoisotopic (exact) mass is 221 g/mol. The van der Waals surface area contributed by atoms with Gasteiger partial charge in [-0.1, -0.05) is 36.4 Å². The first-order valence-electron chi connectivity index (χ1n) is 5.89. The second-order valence-corrected chi connectivity index (χ2v) is 4.51. The minimum Gasteiger partial charge on any atom is -0.320 e. The molecule has 0 saturated heterocycles. The summed E-state index contributed by atoms with van der Waals surface area (Å²) >= 11 is 0. The van der Waals surface area contributed by atoms with Gasteiger partial charge in [0, 0.05) is 23.0 Å². The summed E-state index contributed by atoms with van der Waals surface area (Å²) in [5.41, 5.74) is 6.44. The molecule has 0 bridgehead atoms. The van der Waals surface area contributed by atoms with Crippen LogP contribution >= 0.6 is 0 Å². The average molecular weight is 221 g/mol. The third-order valence-corrected chi connectivity index (χ3v) is 3.26. The summed E-state index contributed by atoms with van der Waals surface area (Å²) < 4.78 is 2.26. The lowest BCUT2D eigenvalue weighted by Gasteiger charge is -2.02. The molecule has 2 heterocycles. The molecular formula is C16H15N. The molecule has 0 saturated carbocycles. The molecule has 0 aliphatic carbocycles. The number of pyridine rings is 1. The van der Waals surface area contributed by atoms with Crippen LogP contribution in [0.5, 0.6) is 0 Å². The number of benzene rings is 1. The lowest BCUT2D eigenvalue weighted by atomic mass is 10.1. The van der Waals surface area contributed by atoms with Gasteiger partial charge in [-0.3, -0.25) is 0 Å². The van der Waals surface area contributed by atoms with Gasteiger partial charge >= 0.3 is 0 Å². The predicted octanol–water partition coefficient (Wildman–Crippen LogP) is 4.22. The zero-order valence-corrected chi connectivity index (χ0v) is 10.1. The Labute approximate surface area is 101 Å². The molecule has 0 atom stereocenters. The van der Waals surface area contributed by atoms with Crippen LogP contribution in [0.15, 0.2) is 54.7 Å². The normalized spacial score (nSPS) is 10.9. The summed E-state index contributed by atoms with van der Waals surface area (Å²) in [6.07, 6.45) is 2.19. The Kier molecular flexibility index (Phi) is 2.25. The number of rotatable bonds is 1. The smallest absolute Gasteiger partial charge is 0.0459 e. The van der Waals surface area contributed by atoms with Gasteiger partial charge < -0.3 is 4.40 Å². The summed E-state index contributed by atoms with van der Waals surface area (Å²) in [6, 6.07) is 17.1. The van der Waals surface area contributed by atoms with Gasteiger partial charge in [0.1, 0.15) is 0 Å². The van der Waals surface area contributed by atoms with Crippen LogP contribution in [0.4, 0.5) is 0 Å². The van der Waals surface area contributed by atoms with Gasteiger partial charge in [0.2, 0.25) is 0 Å². The van der Waals surface area contributed by atoms with E-state index in [0.29, 0.717) is 0 Å². The molecule has 0 spiro atoms. The molecular weight excluding hydrogens is 206 g/mol. The third kappa shape index (κ3) is 1.64. The highest BCUT2D eigenvalue weighted by Gasteiger charge is 2.07. The van der Waals surface area contributed by atoms with E-state index in [2.05, 4.69) is 73.0 Å². The number of aromatic nitrogens is 1. The van der Waals surface area contributed by atoms with Crippen molar-refractivity contribution in [1.29, 1.82) is 0 Å². The Morgan fingerprint density at radius 3 is 2.41 bits per heavy atom. The second-order valence-electron chi connectivity index (χ2n) is 4.51. The maximum absolute atomic E-state index is 2.26. The van der Waals surface area contributed by atoms with Crippen LogP contribution in [0.25, 0.3) is 16.6 Å². The number of aryl methyl sites for hydroxylation is 2. The zero-order chi connectivity index (χ0) is 11.8. The van der Waals surface area contributed by atoms with Crippen LogP contribution in [0.3, 0.4) is 0 Å². The quantitative estimate of drug-likeness (QED) is 0.579. The summed E-state index contributed by atoms with van der Waals surface area (Å²) in [5.74, 6) is 0. The molecule has 0 aliphatic heterocycles. The third-order valence-electron chi connectivity index (χ3n) is 3.26. The largest absolute Gasteiger partial charge is 0.320 e. The highest BCUT2D eigenvalue weighted by atomic mass is 14.9. The summed E-state index contributed by atoms with van der Waals surface area (Å²) in [7, 11) is 0. The van der Waals surface area contributed by atoms with E-state index in [-0.39, 0.29) is 0 Å². The Morgan fingerprint density at radius 2 is 1.65 bits per heavy atom. The predicted molar refractivity (Wildman–Crippen MR) is 72.3 cm³/mol. The van der Waals surface area contributed by atoms with Crippen molar-refractivity contribution in [1.82, 2.24) is 4.40 Å². The van der Waals surface area contributed by atoms with Crippen molar-refractivity contribution in [3.8, 4) is 11.1 Å². The SMILES string of the molecule is Cc1ccc2cc(-c3ccccc3)c(C)n2c1. The molecule has 3 rings (SSSR count). The standard InChI is InChI=1S/C16H15N/c1-12-8-9-15-10-16(13(2)17(15)11-12)14-6-4-3-5-7-14/h3-11H,1-2H3. The van der Waals surface area contributed by atoms with E-state index in [1.807, 2.05) is 0 Å². The highest BCUT2D eigenvalue weighted by molar-refractivity contribution is 5.73. The molecule has 17 heavy (non-hydrogen) atoms. The van der Waals surface area contributed by atoms with E-state index in [9.17, 15) is 0 Å². The topological polar surface area (TPSA) is 4.41 Å². The lowest BCUT2D eigenvalue weighted by Crippen LogP contribution is -1.88. The van der Waals surface area contributed by atoms with Gasteiger partial charge in [-0.15, -0.1) is 0 Å². The second kappa shape index (κ2) is 3.77. The Morgan fingerprint density at radius 1 is 0.882 bits per heavy atom. The number of hydrogen-bond donors (Lipinski definition) is 0. The van der Waals surface area contributed by atoms with E-state index in [1.54, 1.807) is 0 Å². The van der Waals surface area contributed by atoms with Crippen molar-refractivity contribution in [2.75, 3.05) is 0 Å². The molecule has 2 aromatic heterocycles. The van der Waals surface area contributed by atoms with E-state index in [4.69, 9.17) is 0 Å². The summed E-state index contributed by atoms with van der Waals surface area (Å²) in [6.45, 7) is 4.30. The first kappa shape index (κ1) is 10.2. The van der Waals surface area contributed by atoms with E-state index in [1.165, 1.54) is 27.9 Å². The lowest BCUT2D eigenvalue weighted by molar-refractivity contribution is 1.09. The minimum absolute atomic E-state index is 1.26. The number of nitrogens with zero attached hydrogens (tertiary/aromatic N) is 1. The van der Waals surface area contributed by atoms with Gasteiger partial charge in [-0.05, 0) is 37.1 Å². The molecule has 0 unspecified atom stereocenters. The first-order chi connectivity index (χ1) is 8.25. The van der Waals surface area contributed by atoms with E-state index < -0.39 is 0 Å². The van der Waals surface area contributed by atoms with Crippen molar-refractivity contribution < 1.29 is 0 Å². The van der Waals surface area contributed by atoms with Crippen LogP contribution in [-0.2, 0) is 0 Å². The molecule has 0 radical (unpaired) electrons. The van der Waals surface area contributed by atoms with Crippen molar-refractivity contribution in [3.05, 3.63) is 66.0 Å². The molecule has 3 aromatic rings. The molecule has 1 aromatic carbocycles. The van der Waals surface area contributed by atoms with Crippen LogP contribution in [0.1, 0.15) is 11.3 Å². The maximum atomic E-state index is 2.26. The van der Waals surface area contributed by atoms with Gasteiger partial charge in [-0.25, -0.2) is 0 Å². The zero-order valence-electron chi connectivity index (χ0n) is 10.1. The number of fused-ring (bicyclic) bond motifs is 1. The molecule has 0 aliphatic rings. The summed E-state index contributed by atoms with van der Waals surface area (Å²) in [5, 5.41) is 0. The Bertz CT molecular complexity index is 663. The molecule has 0 amide bonds. The van der Waals surface area contributed by atoms with Crippen molar-refractivity contribution in [2.45, 2.75) is 13.8 Å². The molecule has 0 fully saturated rings. The van der Waals surface area contributed by atoms with Crippen molar-refractivity contribution in [2.24, 2.45) is 0 Å². The molecule has 84 valence electrons. The Hall–Kier alpha value is -2.02. The van der Waals surface area contributed by atoms with Gasteiger partial charge in [0.15, 0.2) is 0 Å². The van der Waals surface area contributed by atoms with Gasteiger partial charge in [0.05, 0.1) is 0 Å². The maximum Gasteiger partial charge on any atom is 0.0459 e. The van der Waals surface area contributed by atoms with Crippen LogP contribution in [0.2, 0.25) is 0 Å². The molecule has 1 nitrogen and oxygen atoms in total. The molecule has 1 heteroatoms. The molecule has 0 N–H and O–H groups in total. The van der Waals surface area contributed by atoms with Crippen LogP contribution in [-0.4, -0.2) is 4.40 Å². The van der Waals surface area contributed by atoms with E-state index >= 15 is 0 Å².